The summed E-state index contributed by atoms with van der Waals surface area (Å²) < 4.78 is 24.9. The third kappa shape index (κ3) is 5.04. The molecule has 198 valence electrons. The first kappa shape index (κ1) is 27.0. The number of aliphatic hydroxyl groups excluding tert-OH is 1. The van der Waals surface area contributed by atoms with Crippen LogP contribution >= 0.6 is 11.3 Å². The summed E-state index contributed by atoms with van der Waals surface area (Å²) in [6.45, 7) is 5.77. The zero-order chi connectivity index (χ0) is 27.6. The van der Waals surface area contributed by atoms with Crippen LogP contribution in [0.15, 0.2) is 48.0 Å². The Morgan fingerprint density at radius 3 is 2.50 bits per heavy atom. The molecule has 0 radical (unpaired) electrons. The van der Waals surface area contributed by atoms with Crippen molar-refractivity contribution in [3.63, 3.8) is 0 Å². The number of rotatable bonds is 8. The highest BCUT2D eigenvalue weighted by molar-refractivity contribution is 7.17. The fourth-order valence-electron chi connectivity index (χ4n) is 4.09. The van der Waals surface area contributed by atoms with E-state index in [-0.39, 0.29) is 21.1 Å². The molecule has 3 aromatic rings. The number of thiazole rings is 1. The Labute approximate surface area is 223 Å². The SMILES string of the molecule is CCCCOc1ccc(C2/C(=C(\O)c3ccc(C)c(F)c3)C(=O)C(=O)N2c2nc(C)c(C(=O)OC)s2)cc1. The fraction of sp³-hybridized carbons (Fsp3) is 0.286. The largest absolute Gasteiger partial charge is 0.507 e. The molecular formula is C28H27FN2O6S. The first-order valence-corrected chi connectivity index (χ1v) is 12.9. The Bertz CT molecular complexity index is 1430. The summed E-state index contributed by atoms with van der Waals surface area (Å²) in [6.07, 6.45) is 1.87. The molecular weight excluding hydrogens is 511 g/mol. The molecule has 1 aromatic heterocycles. The minimum absolute atomic E-state index is 0.0567. The molecule has 8 nitrogen and oxygen atoms in total. The Morgan fingerprint density at radius 1 is 1.16 bits per heavy atom. The maximum atomic E-state index is 14.3. The monoisotopic (exact) mass is 538 g/mol. The van der Waals surface area contributed by atoms with E-state index in [1.54, 1.807) is 38.1 Å². The van der Waals surface area contributed by atoms with E-state index in [0.29, 0.717) is 29.2 Å². The van der Waals surface area contributed by atoms with Crippen LogP contribution in [0.5, 0.6) is 5.75 Å². The number of aliphatic hydroxyl groups is 1. The van der Waals surface area contributed by atoms with E-state index < -0.39 is 35.3 Å². The molecule has 1 amide bonds. The molecule has 1 saturated heterocycles. The topological polar surface area (TPSA) is 106 Å². The zero-order valence-electron chi connectivity index (χ0n) is 21.4. The van der Waals surface area contributed by atoms with E-state index in [1.165, 1.54) is 19.2 Å². The molecule has 1 N–H and O–H groups in total. The van der Waals surface area contributed by atoms with E-state index >= 15 is 0 Å². The lowest BCUT2D eigenvalue weighted by atomic mass is 9.95. The van der Waals surface area contributed by atoms with Gasteiger partial charge in [-0.3, -0.25) is 14.5 Å². The van der Waals surface area contributed by atoms with Gasteiger partial charge in [0.05, 0.1) is 31.0 Å². The van der Waals surface area contributed by atoms with E-state index in [2.05, 4.69) is 11.9 Å². The molecule has 4 rings (SSSR count). The lowest BCUT2D eigenvalue weighted by Gasteiger charge is -2.23. The number of ketones is 1. The van der Waals surface area contributed by atoms with Crippen LogP contribution in [-0.2, 0) is 14.3 Å². The number of carbonyl (C=O) groups is 3. The van der Waals surface area contributed by atoms with Crippen LogP contribution in [0.3, 0.4) is 0 Å². The van der Waals surface area contributed by atoms with Crippen molar-refractivity contribution in [2.75, 3.05) is 18.6 Å². The molecule has 2 aromatic carbocycles. The summed E-state index contributed by atoms with van der Waals surface area (Å²) in [5.74, 6) is -2.98. The maximum Gasteiger partial charge on any atom is 0.350 e. The predicted octanol–water partition coefficient (Wildman–Crippen LogP) is 5.49. The lowest BCUT2D eigenvalue weighted by molar-refractivity contribution is -0.132. The van der Waals surface area contributed by atoms with Gasteiger partial charge in [0.15, 0.2) is 5.13 Å². The molecule has 1 aliphatic heterocycles. The number of aryl methyl sites for hydroxylation is 2. The molecule has 1 unspecified atom stereocenters. The highest BCUT2D eigenvalue weighted by atomic mass is 32.1. The standard InChI is InChI=1S/C28H27FN2O6S/c1-5-6-13-37-19-11-9-17(10-12-19)22-21(23(32)18-8-7-15(2)20(29)14-18)24(33)26(34)31(22)28-30-16(3)25(38-28)27(35)36-4/h7-12,14,22,32H,5-6,13H2,1-4H3/b23-21+. The van der Waals surface area contributed by atoms with Gasteiger partial charge in [-0.15, -0.1) is 0 Å². The van der Waals surface area contributed by atoms with Gasteiger partial charge in [0.2, 0.25) is 0 Å². The Hall–Kier alpha value is -4.05. The number of methoxy groups -OCH3 is 1. The number of Topliss-reactive ketones (excluding diaryl/α,β-unsaturated/α-hetero) is 1. The minimum Gasteiger partial charge on any atom is -0.507 e. The second-order valence-corrected chi connectivity index (χ2v) is 9.78. The summed E-state index contributed by atoms with van der Waals surface area (Å²) in [4.78, 5) is 44.6. The van der Waals surface area contributed by atoms with Crippen LogP contribution in [0.4, 0.5) is 9.52 Å². The smallest absolute Gasteiger partial charge is 0.350 e. The minimum atomic E-state index is -1.08. The van der Waals surface area contributed by atoms with Gasteiger partial charge in [0, 0.05) is 5.56 Å². The number of carbonyl (C=O) groups excluding carboxylic acids is 3. The van der Waals surface area contributed by atoms with Crippen LogP contribution in [0.25, 0.3) is 5.76 Å². The highest BCUT2D eigenvalue weighted by Crippen LogP contribution is 2.44. The van der Waals surface area contributed by atoms with Crippen molar-refractivity contribution in [3.05, 3.63) is 81.1 Å². The van der Waals surface area contributed by atoms with Gasteiger partial charge in [-0.1, -0.05) is 48.9 Å². The van der Waals surface area contributed by atoms with E-state index in [9.17, 15) is 23.9 Å². The van der Waals surface area contributed by atoms with Crippen molar-refractivity contribution >= 4 is 39.9 Å². The van der Waals surface area contributed by atoms with Gasteiger partial charge >= 0.3 is 11.9 Å². The van der Waals surface area contributed by atoms with E-state index in [0.717, 1.165) is 35.1 Å². The third-order valence-electron chi connectivity index (χ3n) is 6.21. The predicted molar refractivity (Wildman–Crippen MR) is 141 cm³/mol. The quantitative estimate of drug-likeness (QED) is 0.133. The number of aromatic nitrogens is 1. The Kier molecular flexibility index (Phi) is 7.91. The summed E-state index contributed by atoms with van der Waals surface area (Å²) in [6, 6.07) is 9.79. The van der Waals surface area contributed by atoms with Crippen molar-refractivity contribution in [1.82, 2.24) is 4.98 Å². The summed E-state index contributed by atoms with van der Waals surface area (Å²) in [5, 5.41) is 11.3. The normalized spacial score (nSPS) is 16.7. The number of amides is 1. The van der Waals surface area contributed by atoms with Crippen LogP contribution in [0.1, 0.15) is 57.9 Å². The fourth-order valence-corrected chi connectivity index (χ4v) is 5.10. The van der Waals surface area contributed by atoms with Gasteiger partial charge in [-0.2, -0.15) is 0 Å². The zero-order valence-corrected chi connectivity index (χ0v) is 22.2. The number of nitrogens with zero attached hydrogens (tertiary/aromatic N) is 2. The van der Waals surface area contributed by atoms with E-state index in [4.69, 9.17) is 9.47 Å². The number of halogens is 1. The second kappa shape index (κ2) is 11.1. The molecule has 2 heterocycles. The highest BCUT2D eigenvalue weighted by Gasteiger charge is 2.48. The van der Waals surface area contributed by atoms with Gasteiger partial charge in [0.1, 0.15) is 22.2 Å². The van der Waals surface area contributed by atoms with Gasteiger partial charge in [-0.25, -0.2) is 14.2 Å². The van der Waals surface area contributed by atoms with Crippen LogP contribution in [-0.4, -0.2) is 41.5 Å². The van der Waals surface area contributed by atoms with E-state index in [1.807, 2.05) is 0 Å². The average Bonchev–Trinajstić information content (AvgIpc) is 3.42. The molecule has 0 spiro atoms. The molecule has 1 aliphatic rings. The molecule has 1 fully saturated rings. The second-order valence-electron chi connectivity index (χ2n) is 8.81. The van der Waals surface area contributed by atoms with Crippen molar-refractivity contribution in [2.45, 2.75) is 39.7 Å². The number of unbranched alkanes of at least 4 members (excludes halogenated alkanes) is 1. The Balaban J connectivity index is 1.86. The number of ether oxygens (including phenoxy) is 2. The van der Waals surface area contributed by atoms with Crippen LogP contribution in [0.2, 0.25) is 0 Å². The summed E-state index contributed by atoms with van der Waals surface area (Å²) in [5.41, 5.74) is 1.03. The molecule has 0 saturated carbocycles. The third-order valence-corrected chi connectivity index (χ3v) is 7.35. The van der Waals surface area contributed by atoms with Crippen LogP contribution in [0, 0.1) is 19.7 Å². The average molecular weight is 539 g/mol. The first-order valence-electron chi connectivity index (χ1n) is 12.0. The van der Waals surface area contributed by atoms with Crippen molar-refractivity contribution in [1.29, 1.82) is 0 Å². The van der Waals surface area contributed by atoms with Gasteiger partial charge in [0.25, 0.3) is 5.78 Å². The molecule has 38 heavy (non-hydrogen) atoms. The number of benzene rings is 2. The number of hydrogen-bond donors (Lipinski definition) is 1. The van der Waals surface area contributed by atoms with Crippen molar-refractivity contribution in [2.24, 2.45) is 0 Å². The van der Waals surface area contributed by atoms with Gasteiger partial charge < -0.3 is 14.6 Å². The summed E-state index contributed by atoms with van der Waals surface area (Å²) in [7, 11) is 1.23. The summed E-state index contributed by atoms with van der Waals surface area (Å²) >= 11 is 0.903. The molecule has 0 aliphatic carbocycles. The molecule has 10 heteroatoms. The number of anilines is 1. The Morgan fingerprint density at radius 2 is 1.87 bits per heavy atom. The van der Waals surface area contributed by atoms with Gasteiger partial charge in [-0.05, 0) is 49.6 Å². The van der Waals surface area contributed by atoms with Crippen molar-refractivity contribution in [3.8, 4) is 5.75 Å². The molecule has 1 atom stereocenters. The van der Waals surface area contributed by atoms with Crippen molar-refractivity contribution < 1.29 is 33.4 Å². The lowest BCUT2D eigenvalue weighted by Crippen LogP contribution is -2.29. The maximum absolute atomic E-state index is 14.3. The number of hydrogen-bond acceptors (Lipinski definition) is 8. The number of esters is 1. The molecule has 0 bridgehead atoms. The van der Waals surface area contributed by atoms with Crippen LogP contribution < -0.4 is 9.64 Å². The first-order chi connectivity index (χ1) is 18.2.